The zero-order chi connectivity index (χ0) is 21.7. The molecule has 10 heteroatoms. The van der Waals surface area contributed by atoms with E-state index in [1.54, 1.807) is 0 Å². The molecule has 27 heavy (non-hydrogen) atoms. The van der Waals surface area contributed by atoms with E-state index in [0.29, 0.717) is 19.2 Å². The fourth-order valence-electron chi connectivity index (χ4n) is 1.59. The van der Waals surface area contributed by atoms with Gasteiger partial charge in [-0.1, -0.05) is 0 Å². The summed E-state index contributed by atoms with van der Waals surface area (Å²) >= 11 is 0. The summed E-state index contributed by atoms with van der Waals surface area (Å²) in [6.07, 6.45) is 0.466. The fourth-order valence-corrected chi connectivity index (χ4v) is 1.59. The topological polar surface area (TPSA) is 159 Å². The van der Waals surface area contributed by atoms with Gasteiger partial charge in [0.1, 0.15) is 0 Å². The molecule has 0 radical (unpaired) electrons. The summed E-state index contributed by atoms with van der Waals surface area (Å²) in [6.45, 7) is 8.72. The molecular weight excluding hydrogens is 362 g/mol. The summed E-state index contributed by atoms with van der Waals surface area (Å²) < 4.78 is 4.90. The van der Waals surface area contributed by atoms with Gasteiger partial charge >= 0.3 is 23.9 Å². The molecule has 0 aliphatic rings. The van der Waals surface area contributed by atoms with E-state index < -0.39 is 30.0 Å². The third kappa shape index (κ3) is 11.9. The van der Waals surface area contributed by atoms with Gasteiger partial charge in [0.25, 0.3) is 5.91 Å². The van der Waals surface area contributed by atoms with E-state index in [0.717, 1.165) is 6.08 Å². The van der Waals surface area contributed by atoms with Crippen LogP contribution in [-0.2, 0) is 28.7 Å². The molecule has 0 bridgehead atoms. The molecule has 0 heterocycles. The first-order valence-electron chi connectivity index (χ1n) is 7.92. The molecule has 0 aliphatic carbocycles. The Balaban J connectivity index is 0. The number of aliphatic carboxylic acids is 3. The van der Waals surface area contributed by atoms with Crippen LogP contribution >= 0.6 is 0 Å². The Bertz CT molecular complexity index is 630. The second kappa shape index (κ2) is 13.1. The predicted octanol–water partition coefficient (Wildman–Crippen LogP) is 0.919. The lowest BCUT2D eigenvalue weighted by molar-refractivity contribution is -0.156. The highest BCUT2D eigenvalue weighted by Gasteiger charge is 2.22. The largest absolute Gasteiger partial charge is 0.478 e. The van der Waals surface area contributed by atoms with E-state index in [1.165, 1.54) is 25.7 Å². The smallest absolute Gasteiger partial charge is 0.334 e. The number of hydrogen-bond acceptors (Lipinski definition) is 6. The van der Waals surface area contributed by atoms with Gasteiger partial charge in [0.2, 0.25) is 0 Å². The van der Waals surface area contributed by atoms with E-state index in [1.807, 2.05) is 13.8 Å². The molecule has 10 nitrogen and oxygen atoms in total. The van der Waals surface area contributed by atoms with Gasteiger partial charge in [-0.05, 0) is 34.6 Å². The van der Waals surface area contributed by atoms with Gasteiger partial charge in [-0.2, -0.15) is 0 Å². The van der Waals surface area contributed by atoms with Crippen molar-refractivity contribution >= 4 is 29.8 Å². The molecule has 0 rings (SSSR count). The number of carbonyl (C=O) groups excluding carboxylic acids is 2. The summed E-state index contributed by atoms with van der Waals surface area (Å²) in [5.74, 6) is -4.78. The third-order valence-electron chi connectivity index (χ3n) is 3.05. The van der Waals surface area contributed by atoms with Crippen LogP contribution in [0.3, 0.4) is 0 Å². The summed E-state index contributed by atoms with van der Waals surface area (Å²) in [5.41, 5.74) is -0.232. The number of carbonyl (C=O) groups is 5. The molecule has 0 spiro atoms. The first kappa shape index (κ1) is 26.1. The van der Waals surface area contributed by atoms with Crippen molar-refractivity contribution < 1.29 is 44.0 Å². The molecule has 0 aliphatic heterocycles. The lowest BCUT2D eigenvalue weighted by Gasteiger charge is -2.22. The summed E-state index contributed by atoms with van der Waals surface area (Å²) in [7, 11) is 0. The van der Waals surface area contributed by atoms with Crippen LogP contribution in [0.5, 0.6) is 0 Å². The molecule has 0 aromatic carbocycles. The van der Waals surface area contributed by atoms with Crippen LogP contribution in [0.2, 0.25) is 0 Å². The minimum absolute atomic E-state index is 0.0540. The standard InChI is InChI=1S/C12H19NO5.C5H6O4/c1-5-13(6-2)11(16)9(4)18-12(17)8(3)7-10(14)15;1-3(5(8)9)2-4(6)7/h7,9H,5-6H2,1-4H3,(H,14,15);2H,1H3,(H,6,7)(H,8,9)/b8-7+;. The molecule has 0 saturated carbocycles. The van der Waals surface area contributed by atoms with Crippen molar-refractivity contribution in [2.45, 2.75) is 40.7 Å². The first-order chi connectivity index (χ1) is 12.4. The maximum Gasteiger partial charge on any atom is 0.334 e. The summed E-state index contributed by atoms with van der Waals surface area (Å²) in [5, 5.41) is 24.6. The number of rotatable bonds is 8. The Kier molecular flexibility index (Phi) is 12.6. The van der Waals surface area contributed by atoms with Gasteiger partial charge in [-0.15, -0.1) is 0 Å². The highest BCUT2D eigenvalue weighted by Crippen LogP contribution is 2.04. The average molecular weight is 387 g/mol. The molecule has 1 unspecified atom stereocenters. The zero-order valence-electron chi connectivity index (χ0n) is 15.9. The Labute approximate surface area is 156 Å². The molecule has 0 aromatic heterocycles. The number of carboxylic acids is 3. The second-order valence-electron chi connectivity index (χ2n) is 5.19. The number of esters is 1. The van der Waals surface area contributed by atoms with Crippen molar-refractivity contribution in [1.82, 2.24) is 4.90 Å². The lowest BCUT2D eigenvalue weighted by Crippen LogP contribution is -2.39. The Hall–Kier alpha value is -3.17. The Morgan fingerprint density at radius 1 is 0.889 bits per heavy atom. The molecule has 152 valence electrons. The van der Waals surface area contributed by atoms with Gasteiger partial charge in [-0.3, -0.25) is 4.79 Å². The summed E-state index contributed by atoms with van der Waals surface area (Å²) in [6, 6.07) is 0. The zero-order valence-corrected chi connectivity index (χ0v) is 15.9. The van der Waals surface area contributed by atoms with E-state index in [2.05, 4.69) is 0 Å². The van der Waals surface area contributed by atoms with Crippen molar-refractivity contribution in [1.29, 1.82) is 0 Å². The molecule has 1 amide bonds. The van der Waals surface area contributed by atoms with Crippen LogP contribution < -0.4 is 0 Å². The highest BCUT2D eigenvalue weighted by atomic mass is 16.5. The predicted molar refractivity (Wildman–Crippen MR) is 93.9 cm³/mol. The number of nitrogens with zero attached hydrogens (tertiary/aromatic N) is 1. The van der Waals surface area contributed by atoms with Crippen LogP contribution in [-0.4, -0.2) is 69.2 Å². The maximum atomic E-state index is 11.8. The van der Waals surface area contributed by atoms with Gasteiger partial charge in [0.05, 0.1) is 0 Å². The molecule has 0 fully saturated rings. The number of carboxylic acid groups (broad SMARTS) is 3. The maximum absolute atomic E-state index is 11.8. The normalized spacial score (nSPS) is 12.2. The monoisotopic (exact) mass is 387 g/mol. The lowest BCUT2D eigenvalue weighted by atomic mass is 10.2. The minimum Gasteiger partial charge on any atom is -0.478 e. The van der Waals surface area contributed by atoms with Gasteiger partial charge in [-0.25, -0.2) is 19.2 Å². The van der Waals surface area contributed by atoms with E-state index >= 15 is 0 Å². The van der Waals surface area contributed by atoms with Crippen molar-refractivity contribution in [2.75, 3.05) is 13.1 Å². The van der Waals surface area contributed by atoms with Crippen molar-refractivity contribution in [2.24, 2.45) is 0 Å². The molecular formula is C17H25NO9. The van der Waals surface area contributed by atoms with E-state index in [4.69, 9.17) is 20.1 Å². The average Bonchev–Trinajstić information content (AvgIpc) is 2.54. The van der Waals surface area contributed by atoms with E-state index in [-0.39, 0.29) is 17.1 Å². The number of likely N-dealkylation sites (N-methyl/N-ethyl adjacent to an activating group) is 1. The Morgan fingerprint density at radius 3 is 1.59 bits per heavy atom. The molecule has 1 atom stereocenters. The van der Waals surface area contributed by atoms with Crippen LogP contribution in [0.25, 0.3) is 0 Å². The van der Waals surface area contributed by atoms with Crippen molar-refractivity contribution in [3.05, 3.63) is 23.3 Å². The number of ether oxygens (including phenoxy) is 1. The van der Waals surface area contributed by atoms with Gasteiger partial charge in [0.15, 0.2) is 6.10 Å². The molecule has 0 aromatic rings. The first-order valence-corrected chi connectivity index (χ1v) is 7.92. The van der Waals surface area contributed by atoms with Gasteiger partial charge in [0, 0.05) is 36.4 Å². The Morgan fingerprint density at radius 2 is 1.30 bits per heavy atom. The second-order valence-corrected chi connectivity index (χ2v) is 5.19. The van der Waals surface area contributed by atoms with Gasteiger partial charge < -0.3 is 25.0 Å². The van der Waals surface area contributed by atoms with Crippen LogP contribution in [0.4, 0.5) is 0 Å². The van der Waals surface area contributed by atoms with Crippen LogP contribution in [0.1, 0.15) is 34.6 Å². The van der Waals surface area contributed by atoms with Crippen molar-refractivity contribution in [3.63, 3.8) is 0 Å². The number of hydrogen-bond donors (Lipinski definition) is 3. The fraction of sp³-hybridized carbons (Fsp3) is 0.471. The highest BCUT2D eigenvalue weighted by molar-refractivity contribution is 5.96. The third-order valence-corrected chi connectivity index (χ3v) is 3.05. The number of amides is 1. The molecule has 3 N–H and O–H groups in total. The van der Waals surface area contributed by atoms with E-state index in [9.17, 15) is 24.0 Å². The SMILES string of the molecule is CC(=CC(=O)O)C(=O)O.CCN(CC)C(=O)C(C)OC(=O)/C(C)=C/C(=O)O. The van der Waals surface area contributed by atoms with Crippen molar-refractivity contribution in [3.8, 4) is 0 Å². The quantitative estimate of drug-likeness (QED) is 0.406. The van der Waals surface area contributed by atoms with Crippen LogP contribution in [0, 0.1) is 0 Å². The minimum atomic E-state index is -1.24. The molecule has 0 saturated heterocycles. The summed E-state index contributed by atoms with van der Waals surface area (Å²) in [4.78, 5) is 54.9. The van der Waals surface area contributed by atoms with Crippen LogP contribution in [0.15, 0.2) is 23.3 Å².